The molecule has 2 rings (SSSR count). The average molecular weight is 245 g/mol. The predicted molar refractivity (Wildman–Crippen MR) is 53.7 cm³/mol. The molecule has 1 fully saturated rings. The largest absolute Gasteiger partial charge is 0.475 e. The topological polar surface area (TPSA) is 96.6 Å². The quantitative estimate of drug-likeness (QED) is 0.815. The van der Waals surface area contributed by atoms with E-state index in [4.69, 9.17) is 9.52 Å². The first-order valence-electron chi connectivity index (χ1n) is 4.76. The van der Waals surface area contributed by atoms with Gasteiger partial charge in [-0.05, 0) is 19.8 Å². The summed E-state index contributed by atoms with van der Waals surface area (Å²) in [5, 5.41) is 8.67. The summed E-state index contributed by atoms with van der Waals surface area (Å²) < 4.78 is 30.9. The number of nitrogens with one attached hydrogen (secondary N) is 1. The van der Waals surface area contributed by atoms with Crippen LogP contribution >= 0.6 is 0 Å². The number of furan rings is 1. The summed E-state index contributed by atoms with van der Waals surface area (Å²) in [6.45, 7) is 1.42. The van der Waals surface area contributed by atoms with Gasteiger partial charge >= 0.3 is 5.97 Å². The highest BCUT2D eigenvalue weighted by atomic mass is 32.2. The Morgan fingerprint density at radius 3 is 2.62 bits per heavy atom. The summed E-state index contributed by atoms with van der Waals surface area (Å²) in [7, 11) is -3.65. The van der Waals surface area contributed by atoms with E-state index in [0.29, 0.717) is 0 Å². The molecule has 0 amide bonds. The molecule has 0 bridgehead atoms. The number of aryl methyl sites for hydroxylation is 1. The lowest BCUT2D eigenvalue weighted by molar-refractivity contribution is 0.0661. The van der Waals surface area contributed by atoms with Gasteiger partial charge in [0, 0.05) is 12.1 Å². The minimum Gasteiger partial charge on any atom is -0.475 e. The lowest BCUT2D eigenvalue weighted by atomic mass is 10.4. The molecule has 1 aromatic heterocycles. The molecule has 0 aromatic carbocycles. The number of rotatable bonds is 4. The summed E-state index contributed by atoms with van der Waals surface area (Å²) in [6.07, 6.45) is 1.64. The summed E-state index contributed by atoms with van der Waals surface area (Å²) in [5.41, 5.74) is 0. The van der Waals surface area contributed by atoms with Crippen LogP contribution in [0.25, 0.3) is 0 Å². The average Bonchev–Trinajstić information content (AvgIpc) is 2.84. The van der Waals surface area contributed by atoms with Gasteiger partial charge < -0.3 is 9.52 Å². The van der Waals surface area contributed by atoms with Crippen molar-refractivity contribution in [3.05, 3.63) is 17.6 Å². The van der Waals surface area contributed by atoms with Crippen LogP contribution in [0.5, 0.6) is 0 Å². The predicted octanol–water partition coefficient (Wildman–Crippen LogP) is 0.727. The highest BCUT2D eigenvalue weighted by Gasteiger charge is 2.31. The van der Waals surface area contributed by atoms with Gasteiger partial charge in [0.25, 0.3) is 0 Å². The number of carbonyl (C=O) groups is 1. The lowest BCUT2D eigenvalue weighted by Crippen LogP contribution is -2.25. The minimum absolute atomic E-state index is 0.0208. The highest BCUT2D eigenvalue weighted by Crippen LogP contribution is 2.25. The standard InChI is InChI=1S/C9H11NO5S/c1-5-8(4-7(15-5)9(11)12)16(13,14)10-6-2-3-6/h4,6,10H,2-3H2,1H3,(H,11,12). The van der Waals surface area contributed by atoms with Crippen molar-refractivity contribution in [2.45, 2.75) is 30.7 Å². The molecule has 1 heterocycles. The van der Waals surface area contributed by atoms with Gasteiger partial charge in [-0.2, -0.15) is 0 Å². The summed E-state index contributed by atoms with van der Waals surface area (Å²) in [6, 6.07) is 1.01. The van der Waals surface area contributed by atoms with Crippen molar-refractivity contribution < 1.29 is 22.7 Å². The molecule has 6 nitrogen and oxygen atoms in total. The third-order valence-electron chi connectivity index (χ3n) is 2.27. The van der Waals surface area contributed by atoms with Crippen LogP contribution in [0.2, 0.25) is 0 Å². The van der Waals surface area contributed by atoms with Gasteiger partial charge in [0.1, 0.15) is 10.7 Å². The van der Waals surface area contributed by atoms with E-state index in [9.17, 15) is 13.2 Å². The first kappa shape index (κ1) is 11.2. The lowest BCUT2D eigenvalue weighted by Gasteiger charge is -2.02. The van der Waals surface area contributed by atoms with Crippen LogP contribution in [0.4, 0.5) is 0 Å². The molecule has 2 N–H and O–H groups in total. The number of aromatic carboxylic acids is 1. The number of carboxylic acids is 1. The SMILES string of the molecule is Cc1oc(C(=O)O)cc1S(=O)(=O)NC1CC1. The molecule has 1 saturated carbocycles. The third kappa shape index (κ3) is 2.10. The molecule has 0 atom stereocenters. The van der Waals surface area contributed by atoms with Crippen molar-refractivity contribution in [1.82, 2.24) is 4.72 Å². The summed E-state index contributed by atoms with van der Waals surface area (Å²) in [4.78, 5) is 10.5. The van der Waals surface area contributed by atoms with Gasteiger partial charge in [-0.1, -0.05) is 0 Å². The molecular weight excluding hydrogens is 234 g/mol. The first-order chi connectivity index (χ1) is 7.40. The molecule has 16 heavy (non-hydrogen) atoms. The second-order valence-corrected chi connectivity index (χ2v) is 5.41. The zero-order valence-corrected chi connectivity index (χ0v) is 9.37. The van der Waals surface area contributed by atoms with Crippen molar-refractivity contribution in [2.75, 3.05) is 0 Å². The van der Waals surface area contributed by atoms with Crippen LogP contribution in [-0.4, -0.2) is 25.5 Å². The van der Waals surface area contributed by atoms with Gasteiger partial charge in [-0.15, -0.1) is 0 Å². The van der Waals surface area contributed by atoms with E-state index in [1.165, 1.54) is 6.92 Å². The molecule has 0 spiro atoms. The van der Waals surface area contributed by atoms with Crippen molar-refractivity contribution in [1.29, 1.82) is 0 Å². The maximum absolute atomic E-state index is 11.8. The Morgan fingerprint density at radius 1 is 1.56 bits per heavy atom. The molecule has 0 unspecified atom stereocenters. The number of hydrogen-bond donors (Lipinski definition) is 2. The molecule has 7 heteroatoms. The third-order valence-corrected chi connectivity index (χ3v) is 3.90. The molecule has 1 aromatic rings. The summed E-state index contributed by atoms with van der Waals surface area (Å²) in [5.74, 6) is -1.56. The number of sulfonamides is 1. The van der Waals surface area contributed by atoms with E-state index in [0.717, 1.165) is 18.9 Å². The van der Waals surface area contributed by atoms with Gasteiger partial charge in [0.05, 0.1) is 0 Å². The minimum atomic E-state index is -3.65. The van der Waals surface area contributed by atoms with Gasteiger partial charge in [-0.25, -0.2) is 17.9 Å². The Bertz CT molecular complexity index is 526. The van der Waals surface area contributed by atoms with E-state index < -0.39 is 16.0 Å². The Hall–Kier alpha value is -1.34. The molecule has 0 aliphatic heterocycles. The van der Waals surface area contributed by atoms with Crippen molar-refractivity contribution >= 4 is 16.0 Å². The molecule has 1 aliphatic carbocycles. The van der Waals surface area contributed by atoms with Crippen molar-refractivity contribution in [2.24, 2.45) is 0 Å². The van der Waals surface area contributed by atoms with Crippen LogP contribution in [0.1, 0.15) is 29.2 Å². The molecule has 1 aliphatic rings. The van der Waals surface area contributed by atoms with Crippen LogP contribution in [-0.2, 0) is 10.0 Å². The Labute approximate surface area is 92.3 Å². The van der Waals surface area contributed by atoms with Crippen LogP contribution < -0.4 is 4.72 Å². The van der Waals surface area contributed by atoms with Crippen LogP contribution in [0.15, 0.2) is 15.4 Å². The van der Waals surface area contributed by atoms with E-state index >= 15 is 0 Å². The van der Waals surface area contributed by atoms with Gasteiger partial charge in [0.15, 0.2) is 0 Å². The Morgan fingerprint density at radius 2 is 2.19 bits per heavy atom. The first-order valence-corrected chi connectivity index (χ1v) is 6.24. The summed E-state index contributed by atoms with van der Waals surface area (Å²) >= 11 is 0. The maximum Gasteiger partial charge on any atom is 0.371 e. The van der Waals surface area contributed by atoms with Gasteiger partial charge in [-0.3, -0.25) is 0 Å². The van der Waals surface area contributed by atoms with Crippen molar-refractivity contribution in [3.63, 3.8) is 0 Å². The normalized spacial score (nSPS) is 16.3. The van der Waals surface area contributed by atoms with Crippen LogP contribution in [0, 0.1) is 6.92 Å². The van der Waals surface area contributed by atoms with Gasteiger partial charge in [0.2, 0.25) is 15.8 Å². The van der Waals surface area contributed by atoms with E-state index in [1.807, 2.05) is 0 Å². The van der Waals surface area contributed by atoms with E-state index in [-0.39, 0.29) is 22.5 Å². The molecule has 88 valence electrons. The second-order valence-electron chi connectivity index (χ2n) is 3.73. The van der Waals surface area contributed by atoms with E-state index in [2.05, 4.69) is 4.72 Å². The van der Waals surface area contributed by atoms with E-state index in [1.54, 1.807) is 0 Å². The zero-order valence-electron chi connectivity index (χ0n) is 8.56. The second kappa shape index (κ2) is 3.60. The monoisotopic (exact) mass is 245 g/mol. The molecule has 0 radical (unpaired) electrons. The van der Waals surface area contributed by atoms with Crippen LogP contribution in [0.3, 0.4) is 0 Å². The Balaban J connectivity index is 2.34. The number of hydrogen-bond acceptors (Lipinski definition) is 4. The zero-order chi connectivity index (χ0) is 11.9. The fraction of sp³-hybridized carbons (Fsp3) is 0.444. The fourth-order valence-electron chi connectivity index (χ4n) is 1.32. The molecule has 0 saturated heterocycles. The molecular formula is C9H11NO5S. The smallest absolute Gasteiger partial charge is 0.371 e. The fourth-order valence-corrected chi connectivity index (χ4v) is 2.81. The Kier molecular flexibility index (Phi) is 2.51. The maximum atomic E-state index is 11.8. The number of carboxylic acid groups (broad SMARTS) is 1. The highest BCUT2D eigenvalue weighted by molar-refractivity contribution is 7.89. The van der Waals surface area contributed by atoms with Crippen molar-refractivity contribution in [3.8, 4) is 0 Å².